The van der Waals surface area contributed by atoms with Crippen molar-refractivity contribution in [3.63, 3.8) is 0 Å². The van der Waals surface area contributed by atoms with Crippen molar-refractivity contribution in [3.8, 4) is 0 Å². The third-order valence-corrected chi connectivity index (χ3v) is 4.78. The fourth-order valence-corrected chi connectivity index (χ4v) is 3.36. The number of nitrogens with one attached hydrogen (secondary N) is 1. The number of sulfonamides is 1. The maximum absolute atomic E-state index is 13.4. The van der Waals surface area contributed by atoms with Gasteiger partial charge in [-0.25, -0.2) is 17.5 Å². The largest absolute Gasteiger partial charge is 0.396 e. The van der Waals surface area contributed by atoms with E-state index in [1.807, 2.05) is 6.92 Å². The second-order valence-electron chi connectivity index (χ2n) is 4.89. The van der Waals surface area contributed by atoms with Gasteiger partial charge in [-0.1, -0.05) is 0 Å². The van der Waals surface area contributed by atoms with Crippen LogP contribution in [0.4, 0.5) is 10.1 Å². The Kier molecular flexibility index (Phi) is 3.33. The van der Waals surface area contributed by atoms with Crippen molar-refractivity contribution in [1.29, 1.82) is 0 Å². The molecule has 6 heteroatoms. The lowest BCUT2D eigenvalue weighted by Gasteiger charge is -2.14. The molecule has 100 valence electrons. The van der Waals surface area contributed by atoms with Crippen LogP contribution in [0.1, 0.15) is 25.3 Å². The van der Waals surface area contributed by atoms with Crippen LogP contribution in [0.2, 0.25) is 0 Å². The van der Waals surface area contributed by atoms with E-state index in [1.165, 1.54) is 13.0 Å². The molecule has 3 N–H and O–H groups in total. The van der Waals surface area contributed by atoms with Crippen LogP contribution in [0.25, 0.3) is 0 Å². The maximum atomic E-state index is 13.4. The Morgan fingerprint density at radius 2 is 2.06 bits per heavy atom. The normalized spacial score (nSPS) is 17.7. The molecular weight excluding hydrogens is 255 g/mol. The predicted octanol–water partition coefficient (Wildman–Crippen LogP) is 1.79. The number of hydrogen-bond acceptors (Lipinski definition) is 3. The number of hydrogen-bond donors (Lipinski definition) is 2. The van der Waals surface area contributed by atoms with Crippen molar-refractivity contribution in [2.45, 2.75) is 37.6 Å². The van der Waals surface area contributed by atoms with Crippen molar-refractivity contribution in [2.75, 3.05) is 5.73 Å². The molecule has 0 bridgehead atoms. The number of benzene rings is 1. The van der Waals surface area contributed by atoms with Crippen LogP contribution < -0.4 is 10.5 Å². The highest BCUT2D eigenvalue weighted by molar-refractivity contribution is 7.89. The first-order valence-electron chi connectivity index (χ1n) is 5.89. The Hall–Kier alpha value is -1.14. The summed E-state index contributed by atoms with van der Waals surface area (Å²) < 4.78 is 40.2. The zero-order valence-electron chi connectivity index (χ0n) is 10.4. The van der Waals surface area contributed by atoms with E-state index in [0.29, 0.717) is 5.92 Å². The zero-order valence-corrected chi connectivity index (χ0v) is 11.2. The molecule has 1 saturated carbocycles. The first kappa shape index (κ1) is 13.3. The summed E-state index contributed by atoms with van der Waals surface area (Å²) in [7, 11) is -3.62. The van der Waals surface area contributed by atoms with Gasteiger partial charge in [-0.3, -0.25) is 0 Å². The van der Waals surface area contributed by atoms with Crippen LogP contribution in [0.15, 0.2) is 17.0 Å². The van der Waals surface area contributed by atoms with Crippen LogP contribution in [0, 0.1) is 18.7 Å². The van der Waals surface area contributed by atoms with Gasteiger partial charge in [-0.15, -0.1) is 0 Å². The van der Waals surface area contributed by atoms with Crippen LogP contribution in [-0.2, 0) is 10.0 Å². The third-order valence-electron chi connectivity index (χ3n) is 3.24. The average molecular weight is 272 g/mol. The van der Waals surface area contributed by atoms with Gasteiger partial charge in [0.25, 0.3) is 0 Å². The molecule has 1 aromatic rings. The van der Waals surface area contributed by atoms with Gasteiger partial charge >= 0.3 is 0 Å². The minimum absolute atomic E-state index is 0.0198. The Morgan fingerprint density at radius 1 is 1.44 bits per heavy atom. The van der Waals surface area contributed by atoms with Crippen LogP contribution in [-0.4, -0.2) is 14.5 Å². The molecule has 1 aliphatic rings. The Morgan fingerprint density at radius 3 is 2.56 bits per heavy atom. The molecule has 0 aliphatic heterocycles. The van der Waals surface area contributed by atoms with Crippen LogP contribution in [0.5, 0.6) is 0 Å². The summed E-state index contributed by atoms with van der Waals surface area (Å²) in [4.78, 5) is 0.0198. The molecule has 0 heterocycles. The Labute approximate surface area is 106 Å². The second kappa shape index (κ2) is 4.51. The van der Waals surface area contributed by atoms with E-state index in [9.17, 15) is 12.8 Å². The smallest absolute Gasteiger partial charge is 0.240 e. The van der Waals surface area contributed by atoms with Gasteiger partial charge in [0.2, 0.25) is 10.0 Å². The van der Waals surface area contributed by atoms with Crippen molar-refractivity contribution in [2.24, 2.45) is 5.92 Å². The van der Waals surface area contributed by atoms with Crippen LogP contribution in [0.3, 0.4) is 0 Å². The summed E-state index contributed by atoms with van der Waals surface area (Å²) in [6.45, 7) is 3.34. The molecule has 2 rings (SSSR count). The van der Waals surface area contributed by atoms with Crippen molar-refractivity contribution >= 4 is 15.7 Å². The van der Waals surface area contributed by atoms with Gasteiger partial charge in [0.1, 0.15) is 5.82 Å². The molecular formula is C12H17FN2O2S. The predicted molar refractivity (Wildman–Crippen MR) is 68.1 cm³/mol. The van der Waals surface area contributed by atoms with Gasteiger partial charge in [0, 0.05) is 6.04 Å². The van der Waals surface area contributed by atoms with Gasteiger partial charge in [-0.05, 0) is 50.3 Å². The molecule has 1 aromatic carbocycles. The topological polar surface area (TPSA) is 72.2 Å². The quantitative estimate of drug-likeness (QED) is 0.821. The summed E-state index contributed by atoms with van der Waals surface area (Å²) in [5.41, 5.74) is 5.54. The monoisotopic (exact) mass is 272 g/mol. The van der Waals surface area contributed by atoms with E-state index >= 15 is 0 Å². The molecule has 18 heavy (non-hydrogen) atoms. The molecule has 1 unspecified atom stereocenters. The average Bonchev–Trinajstić information content (AvgIpc) is 3.08. The number of rotatable bonds is 4. The second-order valence-corrected chi connectivity index (χ2v) is 6.60. The van der Waals surface area contributed by atoms with E-state index in [1.54, 1.807) is 0 Å². The highest BCUT2D eigenvalue weighted by atomic mass is 32.2. The van der Waals surface area contributed by atoms with Crippen molar-refractivity contribution in [1.82, 2.24) is 4.72 Å². The standard InChI is InChI=1S/C12H17FN2O2S/c1-7-5-10(6-11(14)12(7)13)18(16,17)15-8(2)9-3-4-9/h5-6,8-9,15H,3-4,14H2,1-2H3. The maximum Gasteiger partial charge on any atom is 0.240 e. The first-order valence-corrected chi connectivity index (χ1v) is 7.37. The molecule has 0 amide bonds. The Balaban J connectivity index is 2.29. The fourth-order valence-electron chi connectivity index (χ4n) is 1.92. The fraction of sp³-hybridized carbons (Fsp3) is 0.500. The van der Waals surface area contributed by atoms with Gasteiger partial charge in [-0.2, -0.15) is 0 Å². The van der Waals surface area contributed by atoms with E-state index in [2.05, 4.69) is 4.72 Å². The molecule has 0 spiro atoms. The molecule has 0 aromatic heterocycles. The summed E-state index contributed by atoms with van der Waals surface area (Å²) in [5, 5.41) is 0. The van der Waals surface area contributed by atoms with E-state index in [0.717, 1.165) is 18.9 Å². The molecule has 1 fully saturated rings. The zero-order chi connectivity index (χ0) is 13.5. The lowest BCUT2D eigenvalue weighted by Crippen LogP contribution is -2.34. The number of halogens is 1. The van der Waals surface area contributed by atoms with Crippen LogP contribution >= 0.6 is 0 Å². The Bertz CT molecular complexity index is 544. The van der Waals surface area contributed by atoms with Gasteiger partial charge in [0.05, 0.1) is 10.6 Å². The summed E-state index contributed by atoms with van der Waals surface area (Å²) >= 11 is 0. The SMILES string of the molecule is Cc1cc(S(=O)(=O)NC(C)C2CC2)cc(N)c1F. The summed E-state index contributed by atoms with van der Waals surface area (Å²) in [6.07, 6.45) is 2.10. The van der Waals surface area contributed by atoms with Crippen molar-refractivity contribution in [3.05, 3.63) is 23.5 Å². The lowest BCUT2D eigenvalue weighted by atomic mass is 10.2. The molecule has 4 nitrogen and oxygen atoms in total. The third kappa shape index (κ3) is 2.64. The number of anilines is 1. The van der Waals surface area contributed by atoms with E-state index < -0.39 is 15.8 Å². The number of nitrogen functional groups attached to an aromatic ring is 1. The molecule has 1 aliphatic carbocycles. The van der Waals surface area contributed by atoms with E-state index in [4.69, 9.17) is 5.73 Å². The summed E-state index contributed by atoms with van der Waals surface area (Å²) in [6, 6.07) is 2.36. The van der Waals surface area contributed by atoms with E-state index in [-0.39, 0.29) is 22.2 Å². The highest BCUT2D eigenvalue weighted by Crippen LogP contribution is 2.33. The highest BCUT2D eigenvalue weighted by Gasteiger charge is 2.31. The molecule has 1 atom stereocenters. The molecule has 0 saturated heterocycles. The van der Waals surface area contributed by atoms with Gasteiger partial charge in [0.15, 0.2) is 0 Å². The number of nitrogens with two attached hydrogens (primary N) is 1. The van der Waals surface area contributed by atoms with Gasteiger partial charge < -0.3 is 5.73 Å². The number of aryl methyl sites for hydroxylation is 1. The molecule has 0 radical (unpaired) electrons. The lowest BCUT2D eigenvalue weighted by molar-refractivity contribution is 0.537. The van der Waals surface area contributed by atoms with Crippen molar-refractivity contribution < 1.29 is 12.8 Å². The minimum Gasteiger partial charge on any atom is -0.396 e. The summed E-state index contributed by atoms with van der Waals surface area (Å²) in [5.74, 6) is -0.150. The minimum atomic E-state index is -3.62. The first-order chi connectivity index (χ1) is 8.31.